The van der Waals surface area contributed by atoms with Gasteiger partial charge in [-0.2, -0.15) is 0 Å². The zero-order chi connectivity index (χ0) is 22.9. The maximum absolute atomic E-state index is 13.0. The third-order valence-corrected chi connectivity index (χ3v) is 6.34. The zero-order valence-electron chi connectivity index (χ0n) is 17.5. The summed E-state index contributed by atoms with van der Waals surface area (Å²) < 4.78 is 17.2. The van der Waals surface area contributed by atoms with Crippen LogP contribution in [0, 0.1) is 0 Å². The fourth-order valence-corrected chi connectivity index (χ4v) is 4.66. The van der Waals surface area contributed by atoms with Gasteiger partial charge in [-0.25, -0.2) is 0 Å². The molecule has 1 unspecified atom stereocenters. The molecule has 1 aromatic carbocycles. The highest BCUT2D eigenvalue weighted by atomic mass is 127. The first-order valence-electron chi connectivity index (χ1n) is 10.3. The first kappa shape index (κ1) is 25.1. The number of halogens is 1. The lowest BCUT2D eigenvalue weighted by atomic mass is 10.0. The lowest BCUT2D eigenvalue weighted by Gasteiger charge is -2.27. The van der Waals surface area contributed by atoms with Gasteiger partial charge in [-0.15, -0.1) is 11.8 Å². The number of hydrogen-bond donors (Lipinski definition) is 1. The number of nitrogens with zero attached hydrogens (tertiary/aromatic N) is 1. The molecule has 0 radical (unpaired) electrons. The van der Waals surface area contributed by atoms with Crippen LogP contribution in [0.2, 0.25) is 0 Å². The molecular weight excluding hydrogens is 551 g/mol. The van der Waals surface area contributed by atoms with Gasteiger partial charge in [0.15, 0.2) is 0 Å². The minimum absolute atomic E-state index is 0.0952. The normalized spacial score (nSPS) is 18.3. The minimum atomic E-state index is -0.965. The van der Waals surface area contributed by atoms with Crippen molar-refractivity contribution < 1.29 is 33.4 Å². The number of nitrogens with one attached hydrogen (secondary N) is 1. The Hall–Kier alpha value is -1.54. The Bertz CT molecular complexity index is 867. The van der Waals surface area contributed by atoms with Crippen LogP contribution in [0.25, 0.3) is 0 Å². The van der Waals surface area contributed by atoms with Gasteiger partial charge in [0.1, 0.15) is 6.04 Å². The summed E-state index contributed by atoms with van der Waals surface area (Å²) in [5.74, 6) is -1.42. The summed E-state index contributed by atoms with van der Waals surface area (Å²) in [4.78, 5) is 51.1. The van der Waals surface area contributed by atoms with Crippen molar-refractivity contribution in [1.82, 2.24) is 10.2 Å². The molecule has 1 aromatic rings. The van der Waals surface area contributed by atoms with Crippen molar-refractivity contribution in [3.8, 4) is 0 Å². The minimum Gasteiger partial charge on any atom is -0.378 e. The molecule has 0 bridgehead atoms. The average molecular weight is 576 g/mol. The number of imide groups is 2. The average Bonchev–Trinajstić information content (AvgIpc) is 3.03. The van der Waals surface area contributed by atoms with E-state index in [4.69, 9.17) is 14.2 Å². The summed E-state index contributed by atoms with van der Waals surface area (Å²) in [5, 5.41) is 2.20. The fourth-order valence-electron chi connectivity index (χ4n) is 3.41. The molecule has 0 aromatic heterocycles. The molecule has 0 saturated carbocycles. The van der Waals surface area contributed by atoms with Crippen LogP contribution < -0.4 is 5.32 Å². The summed E-state index contributed by atoms with van der Waals surface area (Å²) in [6.45, 7) is 3.22. The number of alkyl halides is 1. The summed E-state index contributed by atoms with van der Waals surface area (Å²) in [5.41, 5.74) is 0.589. The molecule has 1 N–H and O–H groups in total. The number of rotatable bonds is 13. The molecular formula is C21H25IN2O7S. The second-order valence-corrected chi connectivity index (χ2v) is 9.22. The molecule has 4 amide bonds. The number of carbonyl (C=O) groups excluding carboxylic acids is 4. The number of piperidine rings is 1. The SMILES string of the molecule is O=C1CCC(N2C(=O)c3cccc(SCCOCCOCCOCCI)c3C2=O)C(=O)N1. The van der Waals surface area contributed by atoms with Gasteiger partial charge in [0, 0.05) is 21.5 Å². The second-order valence-electron chi connectivity index (χ2n) is 7.00. The van der Waals surface area contributed by atoms with E-state index in [1.807, 2.05) is 0 Å². The molecule has 0 aliphatic carbocycles. The molecule has 2 aliphatic heterocycles. The van der Waals surface area contributed by atoms with Crippen molar-refractivity contribution in [1.29, 1.82) is 0 Å². The van der Waals surface area contributed by atoms with Crippen molar-refractivity contribution in [2.75, 3.05) is 49.8 Å². The number of carbonyl (C=O) groups is 4. The van der Waals surface area contributed by atoms with E-state index in [0.29, 0.717) is 49.2 Å². The Kier molecular flexibility index (Phi) is 9.91. The van der Waals surface area contributed by atoms with E-state index in [1.54, 1.807) is 18.2 Å². The van der Waals surface area contributed by atoms with Crippen molar-refractivity contribution >= 4 is 58.0 Å². The molecule has 3 rings (SSSR count). The summed E-state index contributed by atoms with van der Waals surface area (Å²) in [6.07, 6.45) is 0.233. The van der Waals surface area contributed by atoms with Crippen molar-refractivity contribution in [3.63, 3.8) is 0 Å². The van der Waals surface area contributed by atoms with E-state index in [-0.39, 0.29) is 18.4 Å². The number of fused-ring (bicyclic) bond motifs is 1. The molecule has 2 aliphatic rings. The topological polar surface area (TPSA) is 111 Å². The highest BCUT2D eigenvalue weighted by Crippen LogP contribution is 2.34. The van der Waals surface area contributed by atoms with Gasteiger partial charge in [-0.05, 0) is 18.6 Å². The third kappa shape index (κ3) is 6.28. The molecule has 0 spiro atoms. The number of benzene rings is 1. The highest BCUT2D eigenvalue weighted by Gasteiger charge is 2.45. The van der Waals surface area contributed by atoms with E-state index in [9.17, 15) is 19.2 Å². The predicted molar refractivity (Wildman–Crippen MR) is 125 cm³/mol. The van der Waals surface area contributed by atoms with E-state index < -0.39 is 29.7 Å². The maximum Gasteiger partial charge on any atom is 0.263 e. The number of ether oxygens (including phenoxy) is 3. The molecule has 11 heteroatoms. The highest BCUT2D eigenvalue weighted by molar-refractivity contribution is 14.1. The smallest absolute Gasteiger partial charge is 0.263 e. The standard InChI is InChI=1S/C21H25IN2O7S/c22-6-7-29-8-9-30-10-11-31-12-13-32-16-3-1-2-14-18(16)21(28)24(20(14)27)15-4-5-17(25)23-19(15)26/h1-3,15H,4-13H2,(H,23,25,26). The van der Waals surface area contributed by atoms with Gasteiger partial charge < -0.3 is 14.2 Å². The second kappa shape index (κ2) is 12.6. The van der Waals surface area contributed by atoms with Gasteiger partial charge in [-0.1, -0.05) is 28.7 Å². The predicted octanol–water partition coefficient (Wildman–Crippen LogP) is 1.66. The first-order chi connectivity index (χ1) is 15.5. The quantitative estimate of drug-likeness (QED) is 0.124. The van der Waals surface area contributed by atoms with Gasteiger partial charge in [-0.3, -0.25) is 29.4 Å². The fraction of sp³-hybridized carbons (Fsp3) is 0.524. The van der Waals surface area contributed by atoms with Crippen LogP contribution in [-0.2, 0) is 23.8 Å². The Morgan fingerprint density at radius 2 is 1.66 bits per heavy atom. The van der Waals surface area contributed by atoms with Gasteiger partial charge in [0.05, 0.1) is 50.8 Å². The van der Waals surface area contributed by atoms with Gasteiger partial charge in [0.25, 0.3) is 11.8 Å². The maximum atomic E-state index is 13.0. The molecule has 1 fully saturated rings. The molecule has 174 valence electrons. The van der Waals surface area contributed by atoms with Crippen LogP contribution in [0.15, 0.2) is 23.1 Å². The van der Waals surface area contributed by atoms with E-state index >= 15 is 0 Å². The van der Waals surface area contributed by atoms with Crippen molar-refractivity contribution in [2.24, 2.45) is 0 Å². The Morgan fingerprint density at radius 3 is 2.34 bits per heavy atom. The van der Waals surface area contributed by atoms with Crippen LogP contribution in [0.3, 0.4) is 0 Å². The van der Waals surface area contributed by atoms with E-state index in [2.05, 4.69) is 27.9 Å². The Labute approximate surface area is 204 Å². The summed E-state index contributed by atoms with van der Waals surface area (Å²) in [6, 6.07) is 4.12. The van der Waals surface area contributed by atoms with Crippen LogP contribution >= 0.6 is 34.4 Å². The molecule has 32 heavy (non-hydrogen) atoms. The summed E-state index contributed by atoms with van der Waals surface area (Å²) >= 11 is 3.67. The molecule has 9 nitrogen and oxygen atoms in total. The van der Waals surface area contributed by atoms with Crippen LogP contribution in [0.4, 0.5) is 0 Å². The van der Waals surface area contributed by atoms with Crippen LogP contribution in [-0.4, -0.2) is 84.4 Å². The molecule has 1 atom stereocenters. The Balaban J connectivity index is 1.47. The number of hydrogen-bond acceptors (Lipinski definition) is 8. The largest absolute Gasteiger partial charge is 0.378 e. The first-order valence-corrected chi connectivity index (χ1v) is 12.8. The third-order valence-electron chi connectivity index (χ3n) is 4.88. The monoisotopic (exact) mass is 576 g/mol. The lowest BCUT2D eigenvalue weighted by molar-refractivity contribution is -0.136. The van der Waals surface area contributed by atoms with E-state index in [0.717, 1.165) is 15.9 Å². The number of thioether (sulfide) groups is 1. The van der Waals surface area contributed by atoms with Crippen molar-refractivity contribution in [2.45, 2.75) is 23.8 Å². The molecule has 1 saturated heterocycles. The summed E-state index contributed by atoms with van der Waals surface area (Å²) in [7, 11) is 0. The van der Waals surface area contributed by atoms with Crippen LogP contribution in [0.5, 0.6) is 0 Å². The zero-order valence-corrected chi connectivity index (χ0v) is 20.4. The van der Waals surface area contributed by atoms with Gasteiger partial charge in [0.2, 0.25) is 11.8 Å². The van der Waals surface area contributed by atoms with Gasteiger partial charge >= 0.3 is 0 Å². The van der Waals surface area contributed by atoms with Crippen LogP contribution in [0.1, 0.15) is 33.6 Å². The number of amides is 4. The lowest BCUT2D eigenvalue weighted by Crippen LogP contribution is -2.54. The van der Waals surface area contributed by atoms with E-state index in [1.165, 1.54) is 11.8 Å². The molecule has 2 heterocycles. The Morgan fingerprint density at radius 1 is 0.969 bits per heavy atom. The van der Waals surface area contributed by atoms with Crippen molar-refractivity contribution in [3.05, 3.63) is 29.3 Å².